The zero-order valence-electron chi connectivity index (χ0n) is 21.6. The fourth-order valence-electron chi connectivity index (χ4n) is 6.80. The lowest BCUT2D eigenvalue weighted by Crippen LogP contribution is -2.56. The van der Waals surface area contributed by atoms with Gasteiger partial charge >= 0.3 is 0 Å². The van der Waals surface area contributed by atoms with Crippen molar-refractivity contribution in [2.75, 3.05) is 36.0 Å². The summed E-state index contributed by atoms with van der Waals surface area (Å²) in [5.74, 6) is -2.68. The molecular formula is C30H30ClN3O5. The Morgan fingerprint density at radius 2 is 1.51 bits per heavy atom. The van der Waals surface area contributed by atoms with Crippen molar-refractivity contribution >= 4 is 40.7 Å². The molecule has 2 fully saturated rings. The quantitative estimate of drug-likeness (QED) is 0.581. The van der Waals surface area contributed by atoms with Crippen molar-refractivity contribution in [3.63, 3.8) is 0 Å². The summed E-state index contributed by atoms with van der Waals surface area (Å²) in [5.41, 5.74) is -1.07. The van der Waals surface area contributed by atoms with Crippen LogP contribution in [0, 0.1) is 11.8 Å². The minimum Gasteiger partial charge on any atom is -0.395 e. The van der Waals surface area contributed by atoms with E-state index in [1.807, 2.05) is 61.6 Å². The molecule has 2 aromatic rings. The Hall–Kier alpha value is -3.46. The molecular weight excluding hydrogens is 518 g/mol. The second-order valence-electron chi connectivity index (χ2n) is 10.4. The maximum Gasteiger partial charge on any atom is 0.253 e. The molecule has 1 N–H and O–H groups in total. The third kappa shape index (κ3) is 3.77. The van der Waals surface area contributed by atoms with Gasteiger partial charge in [-0.1, -0.05) is 61.0 Å². The van der Waals surface area contributed by atoms with Crippen molar-refractivity contribution in [1.29, 1.82) is 0 Å². The van der Waals surface area contributed by atoms with E-state index in [9.17, 15) is 19.5 Å². The summed E-state index contributed by atoms with van der Waals surface area (Å²) in [6, 6.07) is 15.3. The number of benzene rings is 2. The van der Waals surface area contributed by atoms with E-state index >= 15 is 0 Å². The Labute approximate surface area is 232 Å². The molecule has 0 bridgehead atoms. The first-order valence-corrected chi connectivity index (χ1v) is 13.6. The Morgan fingerprint density at radius 3 is 2.18 bits per heavy atom. The van der Waals surface area contributed by atoms with Gasteiger partial charge in [0.25, 0.3) is 5.91 Å². The van der Waals surface area contributed by atoms with Crippen molar-refractivity contribution in [2.45, 2.75) is 30.6 Å². The molecule has 1 unspecified atom stereocenters. The molecule has 0 aliphatic carbocycles. The third-order valence-electron chi connectivity index (χ3n) is 8.49. The monoisotopic (exact) mass is 547 g/mol. The fraction of sp³-hybridized carbons (Fsp3) is 0.367. The molecule has 1 spiro atoms. The van der Waals surface area contributed by atoms with Crippen molar-refractivity contribution in [1.82, 2.24) is 4.90 Å². The van der Waals surface area contributed by atoms with Crippen LogP contribution in [0.15, 0.2) is 78.9 Å². The van der Waals surface area contributed by atoms with Crippen LogP contribution in [0.1, 0.15) is 13.3 Å². The topological polar surface area (TPSA) is 90.4 Å². The van der Waals surface area contributed by atoms with E-state index in [1.165, 1.54) is 4.90 Å². The van der Waals surface area contributed by atoms with Crippen LogP contribution >= 0.6 is 11.6 Å². The number of hydrogen-bond acceptors (Lipinski definition) is 5. The van der Waals surface area contributed by atoms with Gasteiger partial charge in [0.1, 0.15) is 11.6 Å². The summed E-state index contributed by atoms with van der Waals surface area (Å²) < 4.78 is 6.92. The lowest BCUT2D eigenvalue weighted by atomic mass is 9.73. The maximum absolute atomic E-state index is 14.4. The molecule has 8 nitrogen and oxygen atoms in total. The number of aliphatic hydroxyl groups excluding tert-OH is 1. The highest BCUT2D eigenvalue weighted by molar-refractivity contribution is 6.30. The second-order valence-corrected chi connectivity index (χ2v) is 10.8. The molecule has 0 saturated carbocycles. The van der Waals surface area contributed by atoms with Crippen molar-refractivity contribution in [3.8, 4) is 0 Å². The lowest BCUT2D eigenvalue weighted by Gasteiger charge is -2.38. The van der Waals surface area contributed by atoms with E-state index in [0.29, 0.717) is 23.7 Å². The zero-order chi connectivity index (χ0) is 27.4. The summed E-state index contributed by atoms with van der Waals surface area (Å²) in [5, 5.41) is 10.4. The van der Waals surface area contributed by atoms with Gasteiger partial charge in [-0.3, -0.25) is 14.4 Å². The first-order valence-electron chi connectivity index (χ1n) is 13.3. The van der Waals surface area contributed by atoms with Crippen LogP contribution in [0.5, 0.6) is 0 Å². The van der Waals surface area contributed by atoms with Crippen molar-refractivity contribution < 1.29 is 24.2 Å². The van der Waals surface area contributed by atoms with Gasteiger partial charge in [-0.2, -0.15) is 0 Å². The number of amides is 3. The van der Waals surface area contributed by atoms with Gasteiger partial charge in [0.15, 0.2) is 0 Å². The van der Waals surface area contributed by atoms with Gasteiger partial charge in [-0.25, -0.2) is 0 Å². The van der Waals surface area contributed by atoms with Crippen LogP contribution < -0.4 is 9.80 Å². The van der Waals surface area contributed by atoms with Crippen molar-refractivity contribution in [3.05, 3.63) is 83.9 Å². The number of carbonyl (C=O) groups is 3. The van der Waals surface area contributed by atoms with Gasteiger partial charge in [0.2, 0.25) is 11.8 Å². The molecule has 4 heterocycles. The highest BCUT2D eigenvalue weighted by atomic mass is 35.5. The molecule has 39 heavy (non-hydrogen) atoms. The molecule has 2 aromatic carbocycles. The normalized spacial score (nSPS) is 31.7. The molecule has 3 amide bonds. The van der Waals surface area contributed by atoms with Crippen LogP contribution in [0.3, 0.4) is 0 Å². The van der Waals surface area contributed by atoms with Gasteiger partial charge in [0, 0.05) is 36.0 Å². The third-order valence-corrected chi connectivity index (χ3v) is 8.74. The molecule has 4 aliphatic rings. The Kier molecular flexibility index (Phi) is 6.37. The van der Waals surface area contributed by atoms with E-state index in [-0.39, 0.29) is 37.4 Å². The Balaban J connectivity index is 1.48. The number of carbonyl (C=O) groups excluding carboxylic acids is 3. The van der Waals surface area contributed by atoms with Crippen LogP contribution in [0.25, 0.3) is 0 Å². The second kappa shape index (κ2) is 9.62. The number of aliphatic hydroxyl groups is 1. The summed E-state index contributed by atoms with van der Waals surface area (Å²) in [6.07, 6.45) is 7.92. The van der Waals surface area contributed by atoms with Crippen molar-refractivity contribution in [2.24, 2.45) is 11.8 Å². The van der Waals surface area contributed by atoms with E-state index in [4.69, 9.17) is 16.3 Å². The van der Waals surface area contributed by atoms with E-state index in [1.54, 1.807) is 34.1 Å². The van der Waals surface area contributed by atoms with Gasteiger partial charge < -0.3 is 24.5 Å². The number of anilines is 2. The standard InChI is InChI=1S/C30H30ClN3O5/c1-2-29-14-6-16-32(21-8-4-3-5-9-21)26(36)23(29)24-27(37)34(18-19-35)25-28(38)33(17-7-15-30(24,25)39-29)22-12-10-20(31)11-13-22/h3-15,23-25,35H,2,16-19H2,1H3/t23-,24+,25?,29+,30+/m1/s1. The fourth-order valence-corrected chi connectivity index (χ4v) is 6.93. The number of halogens is 1. The number of hydrogen-bond donors (Lipinski definition) is 1. The first-order chi connectivity index (χ1) is 18.9. The Bertz CT molecular complexity index is 1360. The number of β-amino-alcohol motifs (C(OH)–C–C–N with tert-alkyl or cyclic N) is 1. The largest absolute Gasteiger partial charge is 0.395 e. The van der Waals surface area contributed by atoms with E-state index in [2.05, 4.69) is 0 Å². The average molecular weight is 548 g/mol. The summed E-state index contributed by atoms with van der Waals surface area (Å²) >= 11 is 6.09. The maximum atomic E-state index is 14.4. The SMILES string of the molecule is CC[C@]12C=CCN(c3ccccc3)C(=O)[C@H]1[C@H]1C(=O)N(CCO)C3C(=O)N(c4ccc(Cl)cc4)CC=C[C@@]31O2. The highest BCUT2D eigenvalue weighted by Gasteiger charge is 2.75. The summed E-state index contributed by atoms with van der Waals surface area (Å²) in [6.45, 7) is 2.18. The van der Waals surface area contributed by atoms with Crippen LogP contribution in [0.2, 0.25) is 5.02 Å². The molecule has 4 aliphatic heterocycles. The highest BCUT2D eigenvalue weighted by Crippen LogP contribution is 2.58. The van der Waals surface area contributed by atoms with Gasteiger partial charge in [0.05, 0.1) is 24.0 Å². The molecule has 202 valence electrons. The van der Waals surface area contributed by atoms with Crippen LogP contribution in [-0.2, 0) is 19.1 Å². The molecule has 6 rings (SSSR count). The number of rotatable bonds is 5. The van der Waals surface area contributed by atoms with Crippen LogP contribution in [-0.4, -0.2) is 71.2 Å². The van der Waals surface area contributed by atoms with Gasteiger partial charge in [-0.05, 0) is 42.8 Å². The lowest BCUT2D eigenvalue weighted by molar-refractivity contribution is -0.146. The number of nitrogens with zero attached hydrogens (tertiary/aromatic N) is 3. The smallest absolute Gasteiger partial charge is 0.253 e. The minimum atomic E-state index is -1.37. The molecule has 9 heteroatoms. The average Bonchev–Trinajstić information content (AvgIpc) is 3.22. The minimum absolute atomic E-state index is 0.0442. The predicted molar refractivity (Wildman–Crippen MR) is 147 cm³/mol. The van der Waals surface area contributed by atoms with Crippen LogP contribution in [0.4, 0.5) is 11.4 Å². The number of likely N-dealkylation sites (tertiary alicyclic amines) is 1. The van der Waals surface area contributed by atoms with E-state index in [0.717, 1.165) is 5.69 Å². The Morgan fingerprint density at radius 1 is 0.872 bits per heavy atom. The number of para-hydroxylation sites is 1. The van der Waals surface area contributed by atoms with Gasteiger partial charge in [-0.15, -0.1) is 0 Å². The number of fused-ring (bicyclic) bond motifs is 2. The zero-order valence-corrected chi connectivity index (χ0v) is 22.3. The summed E-state index contributed by atoms with van der Waals surface area (Å²) in [4.78, 5) is 47.5. The number of ether oxygens (including phenoxy) is 1. The molecule has 2 saturated heterocycles. The molecule has 0 radical (unpaired) electrons. The van der Waals surface area contributed by atoms with E-state index < -0.39 is 29.1 Å². The predicted octanol–water partition coefficient (Wildman–Crippen LogP) is 3.20. The molecule has 0 aromatic heterocycles. The molecule has 5 atom stereocenters. The summed E-state index contributed by atoms with van der Waals surface area (Å²) in [7, 11) is 0. The first kappa shape index (κ1) is 25.8.